The van der Waals surface area contributed by atoms with Crippen molar-refractivity contribution in [3.8, 4) is 0 Å². The molecule has 1 atom stereocenters. The number of benzene rings is 2. The Balaban J connectivity index is 1.24. The molecular formula is C26H27ClN4O5. The van der Waals surface area contributed by atoms with Crippen molar-refractivity contribution in [1.82, 2.24) is 15.5 Å². The van der Waals surface area contributed by atoms with Crippen molar-refractivity contribution in [2.24, 2.45) is 0 Å². The van der Waals surface area contributed by atoms with E-state index in [0.717, 1.165) is 24.0 Å². The number of carbonyl (C=O) groups excluding carboxylic acids is 4. The van der Waals surface area contributed by atoms with Crippen LogP contribution >= 0.6 is 11.6 Å². The number of halogens is 1. The van der Waals surface area contributed by atoms with Gasteiger partial charge in [-0.25, -0.2) is 4.79 Å². The summed E-state index contributed by atoms with van der Waals surface area (Å²) < 4.78 is 5.56. The maximum atomic E-state index is 12.9. The van der Waals surface area contributed by atoms with Crippen LogP contribution in [0.1, 0.15) is 47.2 Å². The number of ether oxygens (including phenoxy) is 1. The predicted octanol–water partition coefficient (Wildman–Crippen LogP) is 2.97. The number of fused-ring (bicyclic) bond motifs is 1. The van der Waals surface area contributed by atoms with Gasteiger partial charge in [0, 0.05) is 54.4 Å². The third-order valence-corrected chi connectivity index (χ3v) is 7.53. The van der Waals surface area contributed by atoms with E-state index in [1.54, 1.807) is 18.2 Å². The molecule has 9 nitrogen and oxygen atoms in total. The summed E-state index contributed by atoms with van der Waals surface area (Å²) in [4.78, 5) is 50.8. The van der Waals surface area contributed by atoms with Crippen LogP contribution in [0.15, 0.2) is 42.5 Å². The van der Waals surface area contributed by atoms with Gasteiger partial charge in [-0.2, -0.15) is 0 Å². The minimum atomic E-state index is -0.675. The topological polar surface area (TPSA) is 117 Å². The van der Waals surface area contributed by atoms with Gasteiger partial charge in [0.25, 0.3) is 5.91 Å². The standard InChI is InChI=1S/C26H27ClN4O5/c27-18-3-1-17(2-4-18)26(9-11-36-12-10-26)15-28-25(35)29-19-5-6-20-16(13-19)14-31(24(20)34)21-7-8-22(32)30-23(21)33/h1-6,13,21H,7-12,14-15H2,(H2,28,29,35)(H,30,32,33). The summed E-state index contributed by atoms with van der Waals surface area (Å²) in [6.07, 6.45) is 2.07. The molecule has 0 saturated carbocycles. The summed E-state index contributed by atoms with van der Waals surface area (Å²) in [7, 11) is 0. The van der Waals surface area contributed by atoms with Crippen LogP contribution in [-0.2, 0) is 26.3 Å². The van der Waals surface area contributed by atoms with E-state index in [1.807, 2.05) is 24.3 Å². The Bertz CT molecular complexity index is 1210. The molecule has 3 aliphatic rings. The maximum Gasteiger partial charge on any atom is 0.319 e. The minimum Gasteiger partial charge on any atom is -0.381 e. The molecule has 0 radical (unpaired) electrons. The second kappa shape index (κ2) is 9.91. The SMILES string of the molecule is O=C1CCC(N2Cc3cc(NC(=O)NCC4(c5ccc(Cl)cc5)CCOCC4)ccc3C2=O)C(=O)N1. The number of piperidine rings is 1. The molecule has 5 amide bonds. The van der Waals surface area contributed by atoms with E-state index < -0.39 is 11.9 Å². The van der Waals surface area contributed by atoms with Crippen LogP contribution in [-0.4, -0.2) is 54.5 Å². The molecule has 2 aromatic rings. The predicted molar refractivity (Wildman–Crippen MR) is 133 cm³/mol. The summed E-state index contributed by atoms with van der Waals surface area (Å²) in [5.41, 5.74) is 2.64. The first-order valence-corrected chi connectivity index (χ1v) is 12.4. The number of hydrogen-bond donors (Lipinski definition) is 3. The van der Waals surface area contributed by atoms with Crippen molar-refractivity contribution < 1.29 is 23.9 Å². The molecule has 36 heavy (non-hydrogen) atoms. The third-order valence-electron chi connectivity index (χ3n) is 7.28. The van der Waals surface area contributed by atoms with E-state index in [0.29, 0.717) is 42.5 Å². The molecule has 10 heteroatoms. The molecule has 0 spiro atoms. The highest BCUT2D eigenvalue weighted by molar-refractivity contribution is 6.30. The minimum absolute atomic E-state index is 0.202. The summed E-state index contributed by atoms with van der Waals surface area (Å²) in [6, 6.07) is 11.8. The normalized spacial score (nSPS) is 21.1. The molecule has 1 unspecified atom stereocenters. The lowest BCUT2D eigenvalue weighted by Gasteiger charge is -2.38. The number of rotatable bonds is 5. The van der Waals surface area contributed by atoms with Gasteiger partial charge in [0.1, 0.15) is 6.04 Å². The Kier molecular flexibility index (Phi) is 6.68. The first-order valence-electron chi connectivity index (χ1n) is 12.0. The molecule has 0 aromatic heterocycles. The van der Waals surface area contributed by atoms with E-state index in [2.05, 4.69) is 16.0 Å². The van der Waals surface area contributed by atoms with E-state index in [9.17, 15) is 19.2 Å². The van der Waals surface area contributed by atoms with Crippen molar-refractivity contribution in [3.63, 3.8) is 0 Å². The molecule has 2 aromatic carbocycles. The van der Waals surface area contributed by atoms with Crippen LogP contribution in [0.2, 0.25) is 5.02 Å². The van der Waals surface area contributed by atoms with Crippen LogP contribution in [0.5, 0.6) is 0 Å². The number of nitrogens with zero attached hydrogens (tertiary/aromatic N) is 1. The van der Waals surface area contributed by atoms with E-state index >= 15 is 0 Å². The van der Waals surface area contributed by atoms with Crippen LogP contribution < -0.4 is 16.0 Å². The molecule has 5 rings (SSSR count). The number of hydrogen-bond acceptors (Lipinski definition) is 5. The second-order valence-electron chi connectivity index (χ2n) is 9.48. The highest BCUT2D eigenvalue weighted by Gasteiger charge is 2.39. The van der Waals surface area contributed by atoms with Crippen molar-refractivity contribution >= 4 is 41.0 Å². The fraction of sp³-hybridized carbons (Fsp3) is 0.385. The highest BCUT2D eigenvalue weighted by atomic mass is 35.5. The number of nitrogens with one attached hydrogen (secondary N) is 3. The third kappa shape index (κ3) is 4.81. The second-order valence-corrected chi connectivity index (χ2v) is 9.92. The molecule has 0 bridgehead atoms. The Morgan fingerprint density at radius 2 is 1.86 bits per heavy atom. The molecule has 2 fully saturated rings. The summed E-state index contributed by atoms with van der Waals surface area (Å²) in [5, 5.41) is 8.82. The van der Waals surface area contributed by atoms with Crippen LogP contribution in [0.3, 0.4) is 0 Å². The van der Waals surface area contributed by atoms with Gasteiger partial charge in [-0.05, 0) is 60.7 Å². The molecule has 2 saturated heterocycles. The Labute approximate surface area is 213 Å². The molecule has 0 aliphatic carbocycles. The van der Waals surface area contributed by atoms with Gasteiger partial charge >= 0.3 is 6.03 Å². The zero-order chi connectivity index (χ0) is 25.3. The Morgan fingerprint density at radius 1 is 1.11 bits per heavy atom. The lowest BCUT2D eigenvalue weighted by Crippen LogP contribution is -2.52. The fourth-order valence-corrected chi connectivity index (χ4v) is 5.34. The van der Waals surface area contributed by atoms with Crippen LogP contribution in [0.4, 0.5) is 10.5 Å². The number of anilines is 1. The zero-order valence-electron chi connectivity index (χ0n) is 19.6. The average Bonchev–Trinajstić information content (AvgIpc) is 3.19. The first-order chi connectivity index (χ1) is 17.3. The van der Waals surface area contributed by atoms with Gasteiger partial charge in [0.2, 0.25) is 11.8 Å². The van der Waals surface area contributed by atoms with E-state index in [1.165, 1.54) is 4.90 Å². The number of urea groups is 1. The zero-order valence-corrected chi connectivity index (χ0v) is 20.4. The van der Waals surface area contributed by atoms with Gasteiger partial charge < -0.3 is 20.3 Å². The first kappa shape index (κ1) is 24.3. The lowest BCUT2D eigenvalue weighted by atomic mass is 9.74. The van der Waals surface area contributed by atoms with Crippen molar-refractivity contribution in [3.05, 3.63) is 64.2 Å². The Hall–Kier alpha value is -3.43. The molecular weight excluding hydrogens is 484 g/mol. The smallest absolute Gasteiger partial charge is 0.319 e. The van der Waals surface area contributed by atoms with Gasteiger partial charge in [0.15, 0.2) is 0 Å². The fourth-order valence-electron chi connectivity index (χ4n) is 5.21. The maximum absolute atomic E-state index is 12.9. The summed E-state index contributed by atoms with van der Waals surface area (Å²) in [5.74, 6) is -1.02. The highest BCUT2D eigenvalue weighted by Crippen LogP contribution is 2.35. The Morgan fingerprint density at radius 3 is 2.58 bits per heavy atom. The number of amides is 5. The van der Waals surface area contributed by atoms with E-state index in [4.69, 9.17) is 16.3 Å². The number of carbonyl (C=O) groups is 4. The average molecular weight is 511 g/mol. The van der Waals surface area contributed by atoms with Crippen molar-refractivity contribution in [1.29, 1.82) is 0 Å². The van der Waals surface area contributed by atoms with Gasteiger partial charge in [-0.1, -0.05) is 23.7 Å². The molecule has 188 valence electrons. The van der Waals surface area contributed by atoms with Gasteiger partial charge in [-0.3, -0.25) is 19.7 Å². The van der Waals surface area contributed by atoms with Gasteiger partial charge in [-0.15, -0.1) is 0 Å². The lowest BCUT2D eigenvalue weighted by molar-refractivity contribution is -0.136. The summed E-state index contributed by atoms with van der Waals surface area (Å²) in [6.45, 7) is 1.93. The summed E-state index contributed by atoms with van der Waals surface area (Å²) >= 11 is 6.07. The molecule has 3 N–H and O–H groups in total. The van der Waals surface area contributed by atoms with E-state index in [-0.39, 0.29) is 36.2 Å². The monoisotopic (exact) mass is 510 g/mol. The number of imide groups is 1. The van der Waals surface area contributed by atoms with Crippen molar-refractivity contribution in [2.75, 3.05) is 25.1 Å². The largest absolute Gasteiger partial charge is 0.381 e. The van der Waals surface area contributed by atoms with Crippen LogP contribution in [0.25, 0.3) is 0 Å². The quantitative estimate of drug-likeness (QED) is 0.535. The van der Waals surface area contributed by atoms with Gasteiger partial charge in [0.05, 0.1) is 0 Å². The molecule has 3 heterocycles. The molecule has 3 aliphatic heterocycles. The van der Waals surface area contributed by atoms with Crippen LogP contribution in [0, 0.1) is 0 Å². The van der Waals surface area contributed by atoms with Crippen molar-refractivity contribution in [2.45, 2.75) is 43.7 Å².